The summed E-state index contributed by atoms with van der Waals surface area (Å²) in [4.78, 5) is 14.5. The number of hydrogen-bond acceptors (Lipinski definition) is 3. The van der Waals surface area contributed by atoms with E-state index in [-0.39, 0.29) is 5.91 Å². The zero-order valence-electron chi connectivity index (χ0n) is 15.9. The number of aromatic nitrogens is 2. The molecule has 0 aliphatic carbocycles. The van der Waals surface area contributed by atoms with E-state index in [0.29, 0.717) is 18.9 Å². The van der Waals surface area contributed by atoms with Crippen molar-refractivity contribution in [3.63, 3.8) is 0 Å². The largest absolute Gasteiger partial charge is 0.494 e. The van der Waals surface area contributed by atoms with Crippen molar-refractivity contribution in [1.29, 1.82) is 0 Å². The van der Waals surface area contributed by atoms with Gasteiger partial charge >= 0.3 is 0 Å². The number of ether oxygens (including phenoxy) is 1. The van der Waals surface area contributed by atoms with Crippen molar-refractivity contribution in [2.24, 2.45) is 5.92 Å². The topological polar surface area (TPSA) is 47.4 Å². The number of nitrogens with zero attached hydrogens (tertiary/aromatic N) is 3. The quantitative estimate of drug-likeness (QED) is 0.762. The Kier molecular flexibility index (Phi) is 6.31. The molecule has 1 fully saturated rings. The Morgan fingerprint density at radius 3 is 2.58 bits per heavy atom. The lowest BCUT2D eigenvalue weighted by atomic mass is 9.94. The molecule has 2 aromatic rings. The molecule has 0 unspecified atom stereocenters. The number of likely N-dealkylation sites (tertiary alicyclic amines) is 1. The van der Waals surface area contributed by atoms with Gasteiger partial charge in [-0.15, -0.1) is 0 Å². The standard InChI is InChI=1S/C21H29N3O2/c1-17-16-18(2)24(22-17)14-10-21(25)23-12-8-19(9-13-23)11-15-26-20-6-4-3-5-7-20/h3-7,16,19H,8-15H2,1-2H3. The zero-order valence-corrected chi connectivity index (χ0v) is 15.9. The van der Waals surface area contributed by atoms with Crippen LogP contribution in [0.5, 0.6) is 5.75 Å². The third-order valence-electron chi connectivity index (χ3n) is 5.15. The number of carbonyl (C=O) groups excluding carboxylic acids is 1. The lowest BCUT2D eigenvalue weighted by molar-refractivity contribution is -0.132. The zero-order chi connectivity index (χ0) is 18.4. The van der Waals surface area contributed by atoms with Gasteiger partial charge in [-0.05, 0) is 57.2 Å². The van der Waals surface area contributed by atoms with Crippen LogP contribution in [0.25, 0.3) is 0 Å². The smallest absolute Gasteiger partial charge is 0.224 e. The molecule has 5 nitrogen and oxygen atoms in total. The van der Waals surface area contributed by atoms with Gasteiger partial charge in [-0.3, -0.25) is 9.48 Å². The van der Waals surface area contributed by atoms with Gasteiger partial charge < -0.3 is 9.64 Å². The molecule has 0 radical (unpaired) electrons. The van der Waals surface area contributed by atoms with Crippen LogP contribution >= 0.6 is 0 Å². The second-order valence-electron chi connectivity index (χ2n) is 7.17. The van der Waals surface area contributed by atoms with Crippen LogP contribution in [0, 0.1) is 19.8 Å². The third-order valence-corrected chi connectivity index (χ3v) is 5.15. The Morgan fingerprint density at radius 2 is 1.92 bits per heavy atom. The molecule has 140 valence electrons. The number of rotatable bonds is 7. The molecule has 0 atom stereocenters. The summed E-state index contributed by atoms with van der Waals surface area (Å²) in [6.07, 6.45) is 3.74. The number of amides is 1. The highest BCUT2D eigenvalue weighted by Gasteiger charge is 2.22. The second kappa shape index (κ2) is 8.88. The van der Waals surface area contributed by atoms with Gasteiger partial charge in [0.1, 0.15) is 5.75 Å². The fraction of sp³-hybridized carbons (Fsp3) is 0.524. The van der Waals surface area contributed by atoms with Crippen LogP contribution in [0.3, 0.4) is 0 Å². The van der Waals surface area contributed by atoms with Gasteiger partial charge in [-0.25, -0.2) is 0 Å². The van der Waals surface area contributed by atoms with Crippen molar-refractivity contribution in [3.05, 3.63) is 47.8 Å². The predicted molar refractivity (Wildman–Crippen MR) is 102 cm³/mol. The average molecular weight is 355 g/mol. The van der Waals surface area contributed by atoms with Gasteiger partial charge in [-0.1, -0.05) is 18.2 Å². The first-order chi connectivity index (χ1) is 12.6. The molecule has 1 aromatic carbocycles. The van der Waals surface area contributed by atoms with Crippen LogP contribution in [-0.2, 0) is 11.3 Å². The fourth-order valence-electron chi connectivity index (χ4n) is 3.59. The minimum atomic E-state index is 0.247. The minimum absolute atomic E-state index is 0.247. The molecular formula is C21H29N3O2. The normalized spacial score (nSPS) is 15.2. The SMILES string of the molecule is Cc1cc(C)n(CCC(=O)N2CCC(CCOc3ccccc3)CC2)n1. The average Bonchev–Trinajstić information content (AvgIpc) is 2.98. The lowest BCUT2D eigenvalue weighted by Gasteiger charge is -2.32. The highest BCUT2D eigenvalue weighted by Crippen LogP contribution is 2.22. The maximum Gasteiger partial charge on any atom is 0.224 e. The molecule has 5 heteroatoms. The molecule has 3 rings (SSSR count). The van der Waals surface area contributed by atoms with Crippen molar-refractivity contribution in [3.8, 4) is 5.75 Å². The summed E-state index contributed by atoms with van der Waals surface area (Å²) in [5, 5.41) is 4.43. The summed E-state index contributed by atoms with van der Waals surface area (Å²) in [5.41, 5.74) is 2.13. The van der Waals surface area contributed by atoms with Gasteiger partial charge in [0.05, 0.1) is 12.3 Å². The minimum Gasteiger partial charge on any atom is -0.494 e. The monoisotopic (exact) mass is 355 g/mol. The molecule has 26 heavy (non-hydrogen) atoms. The molecule has 1 saturated heterocycles. The first-order valence-electron chi connectivity index (χ1n) is 9.58. The van der Waals surface area contributed by atoms with E-state index < -0.39 is 0 Å². The first kappa shape index (κ1) is 18.5. The first-order valence-corrected chi connectivity index (χ1v) is 9.58. The van der Waals surface area contributed by atoms with E-state index in [4.69, 9.17) is 4.74 Å². The summed E-state index contributed by atoms with van der Waals surface area (Å²) in [6.45, 7) is 7.17. The molecule has 1 aromatic heterocycles. The van der Waals surface area contributed by atoms with E-state index in [9.17, 15) is 4.79 Å². The molecular weight excluding hydrogens is 326 g/mol. The highest BCUT2D eigenvalue weighted by atomic mass is 16.5. The summed E-state index contributed by atoms with van der Waals surface area (Å²) in [6, 6.07) is 12.0. The van der Waals surface area contributed by atoms with Gasteiger partial charge in [0.15, 0.2) is 0 Å². The van der Waals surface area contributed by atoms with E-state index in [1.165, 1.54) is 0 Å². The fourth-order valence-corrected chi connectivity index (χ4v) is 3.59. The number of carbonyl (C=O) groups is 1. The summed E-state index contributed by atoms with van der Waals surface area (Å²) in [7, 11) is 0. The maximum atomic E-state index is 12.5. The maximum absolute atomic E-state index is 12.5. The van der Waals surface area contributed by atoms with Crippen LogP contribution in [-0.4, -0.2) is 40.3 Å². The van der Waals surface area contributed by atoms with E-state index >= 15 is 0 Å². The van der Waals surface area contributed by atoms with E-state index in [0.717, 1.165) is 56.1 Å². The summed E-state index contributed by atoms with van der Waals surface area (Å²) >= 11 is 0. The van der Waals surface area contributed by atoms with Gasteiger partial charge in [0.2, 0.25) is 5.91 Å². The Hall–Kier alpha value is -2.30. The van der Waals surface area contributed by atoms with Crippen LogP contribution in [0.2, 0.25) is 0 Å². The molecule has 1 aliphatic heterocycles. The van der Waals surface area contributed by atoms with Crippen molar-refractivity contribution >= 4 is 5.91 Å². The Morgan fingerprint density at radius 1 is 1.19 bits per heavy atom. The van der Waals surface area contributed by atoms with Crippen molar-refractivity contribution in [1.82, 2.24) is 14.7 Å². The number of benzene rings is 1. The molecule has 2 heterocycles. The molecule has 1 aliphatic rings. The van der Waals surface area contributed by atoms with Gasteiger partial charge in [-0.2, -0.15) is 5.10 Å². The Balaban J connectivity index is 1.35. The third kappa shape index (κ3) is 5.10. The van der Waals surface area contributed by atoms with E-state index in [2.05, 4.69) is 5.10 Å². The molecule has 1 amide bonds. The van der Waals surface area contributed by atoms with Crippen LogP contribution in [0.4, 0.5) is 0 Å². The van der Waals surface area contributed by atoms with Crippen LogP contribution < -0.4 is 4.74 Å². The number of piperidine rings is 1. The number of hydrogen-bond donors (Lipinski definition) is 0. The second-order valence-corrected chi connectivity index (χ2v) is 7.17. The van der Waals surface area contributed by atoms with Crippen LogP contribution in [0.15, 0.2) is 36.4 Å². The van der Waals surface area contributed by atoms with Gasteiger partial charge in [0.25, 0.3) is 0 Å². The molecule has 0 bridgehead atoms. The van der Waals surface area contributed by atoms with Crippen molar-refractivity contribution in [2.75, 3.05) is 19.7 Å². The predicted octanol–water partition coefficient (Wildman–Crippen LogP) is 3.60. The highest BCUT2D eigenvalue weighted by molar-refractivity contribution is 5.76. The van der Waals surface area contributed by atoms with Crippen molar-refractivity contribution < 1.29 is 9.53 Å². The molecule has 0 N–H and O–H groups in total. The van der Waals surface area contributed by atoms with E-state index in [1.54, 1.807) is 0 Å². The van der Waals surface area contributed by atoms with Crippen LogP contribution in [0.1, 0.15) is 37.1 Å². The summed E-state index contributed by atoms with van der Waals surface area (Å²) < 4.78 is 7.72. The van der Waals surface area contributed by atoms with Gasteiger partial charge in [0, 0.05) is 31.7 Å². The molecule has 0 spiro atoms. The summed E-state index contributed by atoms with van der Waals surface area (Å²) in [5.74, 6) is 1.83. The Labute approximate surface area is 156 Å². The van der Waals surface area contributed by atoms with Crippen molar-refractivity contribution in [2.45, 2.75) is 46.1 Å². The number of para-hydroxylation sites is 1. The number of aryl methyl sites for hydroxylation is 3. The lowest BCUT2D eigenvalue weighted by Crippen LogP contribution is -2.39. The van der Waals surface area contributed by atoms with E-state index in [1.807, 2.05) is 59.8 Å². The Bertz CT molecular complexity index is 703. The molecule has 0 saturated carbocycles.